The van der Waals surface area contributed by atoms with E-state index in [9.17, 15) is 9.59 Å². The quantitative estimate of drug-likeness (QED) is 0.593. The third kappa shape index (κ3) is 5.67. The number of thiophene rings is 1. The second-order valence-electron chi connectivity index (χ2n) is 7.58. The van der Waals surface area contributed by atoms with Gasteiger partial charge in [0.2, 0.25) is 5.91 Å². The molecule has 2 aromatic rings. The fraction of sp³-hybridized carbons (Fsp3) is 0.478. The summed E-state index contributed by atoms with van der Waals surface area (Å²) in [6.07, 6.45) is 5.28. The van der Waals surface area contributed by atoms with Gasteiger partial charge in [0, 0.05) is 31.6 Å². The average Bonchev–Trinajstić information content (AvgIpc) is 3.09. The molecule has 6 heteroatoms. The molecule has 1 aromatic heterocycles. The SMILES string of the molecule is COCCCNC(=O)c1c(NC(=O)CC(C)c2ccccc2)sc2c1CCCC2. The Balaban J connectivity index is 1.71. The van der Waals surface area contributed by atoms with Crippen LogP contribution in [0, 0.1) is 0 Å². The van der Waals surface area contributed by atoms with E-state index in [0.29, 0.717) is 30.1 Å². The second-order valence-corrected chi connectivity index (χ2v) is 8.69. The number of fused-ring (bicyclic) bond motifs is 1. The molecular formula is C23H30N2O3S. The topological polar surface area (TPSA) is 67.4 Å². The molecule has 1 atom stereocenters. The van der Waals surface area contributed by atoms with Gasteiger partial charge in [-0.1, -0.05) is 37.3 Å². The molecular weight excluding hydrogens is 384 g/mol. The third-order valence-electron chi connectivity index (χ3n) is 5.32. The highest BCUT2D eigenvalue weighted by Gasteiger charge is 2.26. The van der Waals surface area contributed by atoms with Gasteiger partial charge in [-0.15, -0.1) is 11.3 Å². The Kier molecular flexibility index (Phi) is 7.83. The predicted molar refractivity (Wildman–Crippen MR) is 118 cm³/mol. The van der Waals surface area contributed by atoms with E-state index in [0.717, 1.165) is 43.2 Å². The molecule has 0 spiro atoms. The maximum atomic E-state index is 12.9. The van der Waals surface area contributed by atoms with E-state index < -0.39 is 0 Å². The first-order valence-electron chi connectivity index (χ1n) is 10.4. The zero-order chi connectivity index (χ0) is 20.6. The van der Waals surface area contributed by atoms with Crippen molar-refractivity contribution in [3.63, 3.8) is 0 Å². The summed E-state index contributed by atoms with van der Waals surface area (Å²) in [7, 11) is 1.65. The molecule has 1 unspecified atom stereocenters. The standard InChI is InChI=1S/C23H30N2O3S/c1-16(17-9-4-3-5-10-17)15-20(26)25-23-21(22(27)24-13-8-14-28-2)18-11-6-7-12-19(18)29-23/h3-5,9-10,16H,6-8,11-15H2,1-2H3,(H,24,27)(H,25,26). The van der Waals surface area contributed by atoms with Crippen molar-refractivity contribution in [3.05, 3.63) is 51.9 Å². The lowest BCUT2D eigenvalue weighted by atomic mass is 9.95. The second kappa shape index (κ2) is 10.6. The van der Waals surface area contributed by atoms with Gasteiger partial charge in [0.1, 0.15) is 5.00 Å². The Morgan fingerprint density at radius 3 is 2.69 bits per heavy atom. The molecule has 0 saturated heterocycles. The molecule has 1 aliphatic rings. The van der Waals surface area contributed by atoms with Crippen LogP contribution in [0.25, 0.3) is 0 Å². The van der Waals surface area contributed by atoms with Crippen molar-refractivity contribution in [1.29, 1.82) is 0 Å². The smallest absolute Gasteiger partial charge is 0.254 e. The van der Waals surface area contributed by atoms with E-state index in [-0.39, 0.29) is 17.7 Å². The number of aryl methyl sites for hydroxylation is 1. The number of nitrogens with one attached hydrogen (secondary N) is 2. The van der Waals surface area contributed by atoms with Crippen molar-refractivity contribution >= 4 is 28.2 Å². The minimum Gasteiger partial charge on any atom is -0.385 e. The lowest BCUT2D eigenvalue weighted by Crippen LogP contribution is -2.27. The van der Waals surface area contributed by atoms with Gasteiger partial charge in [-0.2, -0.15) is 0 Å². The van der Waals surface area contributed by atoms with Gasteiger partial charge in [-0.05, 0) is 49.1 Å². The Morgan fingerprint density at radius 2 is 1.93 bits per heavy atom. The normalized spacial score (nSPS) is 14.1. The summed E-state index contributed by atoms with van der Waals surface area (Å²) in [5.41, 5.74) is 2.93. The van der Waals surface area contributed by atoms with E-state index >= 15 is 0 Å². The number of hydrogen-bond donors (Lipinski definition) is 2. The van der Waals surface area contributed by atoms with Gasteiger partial charge in [0.05, 0.1) is 5.56 Å². The monoisotopic (exact) mass is 414 g/mol. The van der Waals surface area contributed by atoms with E-state index in [4.69, 9.17) is 4.74 Å². The van der Waals surface area contributed by atoms with Gasteiger partial charge in [0.25, 0.3) is 5.91 Å². The minimum absolute atomic E-state index is 0.0478. The molecule has 1 aromatic carbocycles. The van der Waals surface area contributed by atoms with Gasteiger partial charge in [-0.25, -0.2) is 0 Å². The molecule has 156 valence electrons. The van der Waals surface area contributed by atoms with Crippen LogP contribution in [0.2, 0.25) is 0 Å². The minimum atomic E-state index is -0.0908. The van der Waals surface area contributed by atoms with Crippen LogP contribution in [0.5, 0.6) is 0 Å². The highest BCUT2D eigenvalue weighted by atomic mass is 32.1. The van der Waals surface area contributed by atoms with Crippen LogP contribution in [0.4, 0.5) is 5.00 Å². The number of rotatable bonds is 9. The zero-order valence-electron chi connectivity index (χ0n) is 17.3. The molecule has 0 saturated carbocycles. The molecule has 2 amide bonds. The van der Waals surface area contributed by atoms with Gasteiger partial charge in [-0.3, -0.25) is 9.59 Å². The fourth-order valence-electron chi connectivity index (χ4n) is 3.76. The van der Waals surface area contributed by atoms with Crippen LogP contribution < -0.4 is 10.6 Å². The summed E-state index contributed by atoms with van der Waals surface area (Å²) < 4.78 is 5.05. The van der Waals surface area contributed by atoms with Crippen molar-refractivity contribution in [1.82, 2.24) is 5.32 Å². The van der Waals surface area contributed by atoms with Crippen LogP contribution >= 0.6 is 11.3 Å². The summed E-state index contributed by atoms with van der Waals surface area (Å²) in [6, 6.07) is 10.0. The van der Waals surface area contributed by atoms with Crippen LogP contribution in [0.3, 0.4) is 0 Å². The maximum Gasteiger partial charge on any atom is 0.254 e. The molecule has 1 aliphatic carbocycles. The predicted octanol–water partition coefficient (Wildman–Crippen LogP) is 4.53. The van der Waals surface area contributed by atoms with E-state index in [2.05, 4.69) is 17.6 Å². The number of hydrogen-bond acceptors (Lipinski definition) is 4. The lowest BCUT2D eigenvalue weighted by molar-refractivity contribution is -0.116. The average molecular weight is 415 g/mol. The van der Waals surface area contributed by atoms with Crippen molar-refractivity contribution in [2.75, 3.05) is 25.6 Å². The Morgan fingerprint density at radius 1 is 1.17 bits per heavy atom. The summed E-state index contributed by atoms with van der Waals surface area (Å²) in [5, 5.41) is 6.73. The number of ether oxygens (including phenoxy) is 1. The summed E-state index contributed by atoms with van der Waals surface area (Å²) in [4.78, 5) is 26.9. The summed E-state index contributed by atoms with van der Waals surface area (Å²) in [6.45, 7) is 3.23. The molecule has 0 fully saturated rings. The van der Waals surface area contributed by atoms with E-state index in [1.807, 2.05) is 30.3 Å². The number of anilines is 1. The van der Waals surface area contributed by atoms with Crippen molar-refractivity contribution in [3.8, 4) is 0 Å². The first-order valence-corrected chi connectivity index (χ1v) is 11.2. The number of methoxy groups -OCH3 is 1. The molecule has 0 aliphatic heterocycles. The van der Waals surface area contributed by atoms with Gasteiger partial charge < -0.3 is 15.4 Å². The highest BCUT2D eigenvalue weighted by Crippen LogP contribution is 2.38. The number of carbonyl (C=O) groups is 2. The molecule has 0 bridgehead atoms. The molecule has 0 radical (unpaired) electrons. The van der Waals surface area contributed by atoms with Crippen molar-refractivity contribution in [2.24, 2.45) is 0 Å². The maximum absolute atomic E-state index is 12.9. The molecule has 1 heterocycles. The summed E-state index contributed by atoms with van der Waals surface area (Å²) >= 11 is 1.57. The summed E-state index contributed by atoms with van der Waals surface area (Å²) in [5.74, 6) is -0.0163. The fourth-order valence-corrected chi connectivity index (χ4v) is 5.06. The van der Waals surface area contributed by atoms with Crippen LogP contribution in [0.1, 0.15) is 64.9 Å². The van der Waals surface area contributed by atoms with E-state index in [1.165, 1.54) is 4.88 Å². The molecule has 29 heavy (non-hydrogen) atoms. The number of benzene rings is 1. The van der Waals surface area contributed by atoms with Crippen LogP contribution in [0.15, 0.2) is 30.3 Å². The number of amides is 2. The van der Waals surface area contributed by atoms with Crippen LogP contribution in [-0.4, -0.2) is 32.1 Å². The van der Waals surface area contributed by atoms with Gasteiger partial charge in [0.15, 0.2) is 0 Å². The first kappa shape index (κ1) is 21.5. The largest absolute Gasteiger partial charge is 0.385 e. The molecule has 3 rings (SSSR count). The highest BCUT2D eigenvalue weighted by molar-refractivity contribution is 7.17. The lowest BCUT2D eigenvalue weighted by Gasteiger charge is -2.14. The van der Waals surface area contributed by atoms with Crippen molar-refractivity contribution in [2.45, 2.75) is 51.4 Å². The Labute approximate surface area is 176 Å². The molecule has 2 N–H and O–H groups in total. The van der Waals surface area contributed by atoms with Crippen LogP contribution in [-0.2, 0) is 22.4 Å². The molecule has 5 nitrogen and oxygen atoms in total. The third-order valence-corrected chi connectivity index (χ3v) is 6.53. The number of carbonyl (C=O) groups excluding carboxylic acids is 2. The van der Waals surface area contributed by atoms with E-state index in [1.54, 1.807) is 18.4 Å². The Hall–Kier alpha value is -2.18. The first-order chi connectivity index (χ1) is 14.1. The zero-order valence-corrected chi connectivity index (χ0v) is 18.1. The van der Waals surface area contributed by atoms with Crippen molar-refractivity contribution < 1.29 is 14.3 Å². The van der Waals surface area contributed by atoms with Gasteiger partial charge >= 0.3 is 0 Å². The Bertz CT molecular complexity index is 832.